The summed E-state index contributed by atoms with van der Waals surface area (Å²) in [6.07, 6.45) is -6.04. The van der Waals surface area contributed by atoms with Gasteiger partial charge >= 0.3 is 18.1 Å². The first kappa shape index (κ1) is 20.2. The maximum atomic E-state index is 13.0. The Balaban J connectivity index is 2.14. The monoisotopic (exact) mass is 399 g/mol. The fourth-order valence-electron chi connectivity index (χ4n) is 1.78. The molecular weight excluding hydrogens is 391 g/mol. The van der Waals surface area contributed by atoms with E-state index >= 15 is 0 Å². The third-order valence-corrected chi connectivity index (χ3v) is 3.12. The molecule has 0 bridgehead atoms. The minimum absolute atomic E-state index is 0.0486. The molecule has 6 nitrogen and oxygen atoms in total. The lowest BCUT2D eigenvalue weighted by atomic mass is 10.1. The second-order valence-corrected chi connectivity index (χ2v) is 5.03. The van der Waals surface area contributed by atoms with Gasteiger partial charge in [0, 0.05) is 17.7 Å². The van der Waals surface area contributed by atoms with Gasteiger partial charge < -0.3 is 4.42 Å². The summed E-state index contributed by atoms with van der Waals surface area (Å²) in [5.41, 5.74) is 0.431. The smallest absolute Gasteiger partial charge is 0.455 e. The topological polar surface area (TPSA) is 80.7 Å². The van der Waals surface area contributed by atoms with Crippen molar-refractivity contribution in [3.8, 4) is 11.3 Å². The zero-order chi connectivity index (χ0) is 20.5. The molecule has 2 aromatic rings. The van der Waals surface area contributed by atoms with Crippen molar-refractivity contribution in [1.29, 1.82) is 0 Å². The molecule has 27 heavy (non-hydrogen) atoms. The van der Waals surface area contributed by atoms with Crippen molar-refractivity contribution in [1.82, 2.24) is 5.43 Å². The Kier molecular flexibility index (Phi) is 5.15. The number of hydrazone groups is 1. The van der Waals surface area contributed by atoms with E-state index in [2.05, 4.69) is 5.10 Å². The van der Waals surface area contributed by atoms with Crippen LogP contribution in [0.1, 0.15) is 5.76 Å². The Hall–Kier alpha value is -3.12. The van der Waals surface area contributed by atoms with Gasteiger partial charge in [0.1, 0.15) is 11.5 Å². The first-order valence-electron chi connectivity index (χ1n) is 6.82. The van der Waals surface area contributed by atoms with Gasteiger partial charge in [-0.3, -0.25) is 10.1 Å². The van der Waals surface area contributed by atoms with Crippen molar-refractivity contribution in [3.63, 3.8) is 0 Å². The standard InChI is InChI=1S/C14H8F7N3O3/c15-12(16,13(17,18)19)14(20,21)23-22-7-10-4-5-11(27-10)8-2-1-3-9(6-8)24(25)26/h1-7,23H/b22-7+. The molecule has 0 atom stereocenters. The summed E-state index contributed by atoms with van der Waals surface area (Å²) < 4.78 is 92.4. The van der Waals surface area contributed by atoms with E-state index in [1.54, 1.807) is 0 Å². The summed E-state index contributed by atoms with van der Waals surface area (Å²) in [6, 6.07) is 1.85. The minimum Gasteiger partial charge on any atom is -0.455 e. The van der Waals surface area contributed by atoms with E-state index in [1.807, 2.05) is 0 Å². The van der Waals surface area contributed by atoms with Crippen LogP contribution >= 0.6 is 0 Å². The maximum absolute atomic E-state index is 13.0. The van der Waals surface area contributed by atoms with Crippen LogP contribution in [0.15, 0.2) is 45.9 Å². The Morgan fingerprint density at radius 1 is 1.07 bits per heavy atom. The number of nitro groups is 1. The molecule has 0 aliphatic carbocycles. The number of hydrogen-bond donors (Lipinski definition) is 1. The molecule has 13 heteroatoms. The summed E-state index contributed by atoms with van der Waals surface area (Å²) in [4.78, 5) is 10.0. The normalized spacial score (nSPS) is 13.1. The molecule has 1 N–H and O–H groups in total. The Bertz CT molecular complexity index is 862. The number of nitrogens with zero attached hydrogens (tertiary/aromatic N) is 2. The van der Waals surface area contributed by atoms with Gasteiger partial charge in [0.15, 0.2) is 0 Å². The predicted molar refractivity (Wildman–Crippen MR) is 77.5 cm³/mol. The number of furan rings is 1. The summed E-state index contributed by atoms with van der Waals surface area (Å²) in [6.45, 7) is 0. The Labute approximate surface area is 145 Å². The molecule has 0 aliphatic heterocycles. The molecule has 2 rings (SSSR count). The summed E-state index contributed by atoms with van der Waals surface area (Å²) in [7, 11) is 0. The van der Waals surface area contributed by atoms with Crippen LogP contribution in [-0.4, -0.2) is 29.3 Å². The van der Waals surface area contributed by atoms with Crippen molar-refractivity contribution in [2.24, 2.45) is 5.10 Å². The SMILES string of the molecule is O=[N+]([O-])c1cccc(-c2ccc(/C=N/NC(F)(F)C(F)(F)C(F)(F)F)o2)c1. The first-order valence-corrected chi connectivity index (χ1v) is 6.82. The predicted octanol–water partition coefficient (Wildman–Crippen LogP) is 4.57. The quantitative estimate of drug-likeness (QED) is 0.254. The van der Waals surface area contributed by atoms with Crippen LogP contribution in [0.4, 0.5) is 36.4 Å². The highest BCUT2D eigenvalue weighted by atomic mass is 19.4. The minimum atomic E-state index is -6.49. The van der Waals surface area contributed by atoms with Gasteiger partial charge in [-0.1, -0.05) is 12.1 Å². The van der Waals surface area contributed by atoms with Crippen LogP contribution in [0.5, 0.6) is 0 Å². The molecule has 1 aromatic heterocycles. The largest absolute Gasteiger partial charge is 0.462 e. The van der Waals surface area contributed by atoms with E-state index in [0.717, 1.165) is 12.1 Å². The van der Waals surface area contributed by atoms with E-state index < -0.39 is 23.1 Å². The van der Waals surface area contributed by atoms with E-state index in [4.69, 9.17) is 4.42 Å². The molecule has 0 unspecified atom stereocenters. The molecule has 0 spiro atoms. The first-order chi connectivity index (χ1) is 12.3. The zero-order valence-corrected chi connectivity index (χ0v) is 12.8. The van der Waals surface area contributed by atoms with Crippen LogP contribution in [-0.2, 0) is 0 Å². The van der Waals surface area contributed by atoms with E-state index in [9.17, 15) is 40.8 Å². The number of hydrogen-bond acceptors (Lipinski definition) is 5. The molecule has 0 radical (unpaired) electrons. The van der Waals surface area contributed by atoms with Crippen molar-refractivity contribution in [2.75, 3.05) is 0 Å². The van der Waals surface area contributed by atoms with Gasteiger partial charge in [-0.25, -0.2) is 5.43 Å². The third-order valence-electron chi connectivity index (χ3n) is 3.12. The number of nitrogens with one attached hydrogen (secondary N) is 1. The van der Waals surface area contributed by atoms with Gasteiger partial charge in [-0.05, 0) is 12.1 Å². The second-order valence-electron chi connectivity index (χ2n) is 5.03. The van der Waals surface area contributed by atoms with Crippen molar-refractivity contribution < 1.29 is 40.1 Å². The van der Waals surface area contributed by atoms with Crippen LogP contribution in [0.3, 0.4) is 0 Å². The molecule has 1 aromatic carbocycles. The van der Waals surface area contributed by atoms with Crippen LogP contribution in [0, 0.1) is 10.1 Å². The van der Waals surface area contributed by atoms with Crippen molar-refractivity contribution in [2.45, 2.75) is 18.1 Å². The summed E-state index contributed by atoms with van der Waals surface area (Å²) in [5.74, 6) is -6.59. The van der Waals surface area contributed by atoms with E-state index in [0.29, 0.717) is 11.6 Å². The molecule has 1 heterocycles. The van der Waals surface area contributed by atoms with Gasteiger partial charge in [0.25, 0.3) is 5.69 Å². The molecule has 0 saturated heterocycles. The zero-order valence-electron chi connectivity index (χ0n) is 12.8. The number of alkyl halides is 7. The summed E-state index contributed by atoms with van der Waals surface area (Å²) >= 11 is 0. The molecule has 146 valence electrons. The third kappa shape index (κ3) is 4.17. The maximum Gasteiger partial charge on any atom is 0.462 e. The average Bonchev–Trinajstić information content (AvgIpc) is 3.02. The number of rotatable bonds is 6. The van der Waals surface area contributed by atoms with Crippen LogP contribution < -0.4 is 5.43 Å². The Morgan fingerprint density at radius 3 is 2.33 bits per heavy atom. The van der Waals surface area contributed by atoms with Crippen LogP contribution in [0.25, 0.3) is 11.3 Å². The fourth-order valence-corrected chi connectivity index (χ4v) is 1.78. The Morgan fingerprint density at radius 2 is 1.74 bits per heavy atom. The van der Waals surface area contributed by atoms with Crippen molar-refractivity contribution in [3.05, 3.63) is 52.3 Å². The lowest BCUT2D eigenvalue weighted by Crippen LogP contribution is -2.58. The highest BCUT2D eigenvalue weighted by Crippen LogP contribution is 2.45. The molecule has 0 amide bonds. The highest BCUT2D eigenvalue weighted by Gasteiger charge is 2.73. The van der Waals surface area contributed by atoms with E-state index in [-0.39, 0.29) is 22.8 Å². The van der Waals surface area contributed by atoms with E-state index in [1.165, 1.54) is 24.3 Å². The van der Waals surface area contributed by atoms with Gasteiger partial charge in [-0.15, -0.1) is 0 Å². The van der Waals surface area contributed by atoms with Gasteiger partial charge in [-0.2, -0.15) is 35.8 Å². The van der Waals surface area contributed by atoms with Gasteiger partial charge in [0.05, 0.1) is 11.1 Å². The lowest BCUT2D eigenvalue weighted by molar-refractivity contribution is -0.384. The number of nitro benzene ring substituents is 1. The lowest BCUT2D eigenvalue weighted by Gasteiger charge is -2.27. The molecular formula is C14H8F7N3O3. The number of halogens is 7. The molecule has 0 fully saturated rings. The molecule has 0 saturated carbocycles. The fraction of sp³-hybridized carbons (Fsp3) is 0.214. The summed E-state index contributed by atoms with van der Waals surface area (Å²) in [5, 5.41) is 13.3. The second kappa shape index (κ2) is 6.89. The van der Waals surface area contributed by atoms with Crippen LogP contribution in [0.2, 0.25) is 0 Å². The van der Waals surface area contributed by atoms with Gasteiger partial charge in [0.2, 0.25) is 0 Å². The molecule has 0 aliphatic rings. The highest BCUT2D eigenvalue weighted by molar-refractivity contribution is 5.77. The number of benzene rings is 1. The average molecular weight is 399 g/mol. The number of non-ortho nitro benzene ring substituents is 1. The van der Waals surface area contributed by atoms with Crippen molar-refractivity contribution >= 4 is 11.9 Å².